The Morgan fingerprint density at radius 3 is 2.24 bits per heavy atom. The Balaban J connectivity index is 1.74. The Morgan fingerprint density at radius 2 is 1.56 bits per heavy atom. The number of benzene rings is 2. The van der Waals surface area contributed by atoms with E-state index in [4.69, 9.17) is 4.55 Å². The summed E-state index contributed by atoms with van der Waals surface area (Å²) in [6, 6.07) is 14.9. The molecule has 2 aliphatic rings. The molecular formula is C35H41N3O12S5. The number of amides is 1. The van der Waals surface area contributed by atoms with Crippen LogP contribution in [0.1, 0.15) is 31.2 Å². The van der Waals surface area contributed by atoms with Gasteiger partial charge in [-0.25, -0.2) is 0 Å². The van der Waals surface area contributed by atoms with Crippen LogP contribution in [0, 0.1) is 12.3 Å². The van der Waals surface area contributed by atoms with Crippen LogP contribution in [0.15, 0.2) is 110 Å². The number of aryl methyl sites for hydroxylation is 1. The first-order valence-electron chi connectivity index (χ1n) is 16.7. The number of carbonyl (C=O) groups is 2. The van der Waals surface area contributed by atoms with Crippen LogP contribution in [-0.2, 0) is 39.9 Å². The Labute approximate surface area is 329 Å². The zero-order chi connectivity index (χ0) is 40.4. The molecular weight excluding hydrogens is 815 g/mol. The van der Waals surface area contributed by atoms with E-state index in [1.807, 2.05) is 60.4 Å². The van der Waals surface area contributed by atoms with E-state index in [2.05, 4.69) is 10.3 Å². The molecule has 298 valence electrons. The predicted molar refractivity (Wildman–Crippen MR) is 213 cm³/mol. The number of para-hydroxylation sites is 1. The highest BCUT2D eigenvalue weighted by Gasteiger charge is 2.48. The maximum atomic E-state index is 13.6. The monoisotopic (exact) mass is 855 g/mol. The molecule has 1 aliphatic carbocycles. The van der Waals surface area contributed by atoms with Crippen LogP contribution in [0.5, 0.6) is 0 Å². The van der Waals surface area contributed by atoms with Crippen LogP contribution >= 0.6 is 23.5 Å². The first kappa shape index (κ1) is 44.0. The van der Waals surface area contributed by atoms with Gasteiger partial charge in [0.05, 0.1) is 33.0 Å². The van der Waals surface area contributed by atoms with E-state index in [0.29, 0.717) is 21.2 Å². The zero-order valence-corrected chi connectivity index (χ0v) is 33.6. The van der Waals surface area contributed by atoms with Crippen LogP contribution in [-0.4, -0.2) is 97.8 Å². The van der Waals surface area contributed by atoms with E-state index in [0.717, 1.165) is 21.0 Å². The van der Waals surface area contributed by atoms with E-state index in [1.165, 1.54) is 23.5 Å². The summed E-state index contributed by atoms with van der Waals surface area (Å²) >= 11 is 2.67. The number of rotatable bonds is 17. The van der Waals surface area contributed by atoms with E-state index in [9.17, 15) is 49.1 Å². The third-order valence-corrected chi connectivity index (χ3v) is 12.9. The van der Waals surface area contributed by atoms with Gasteiger partial charge in [0.15, 0.2) is 5.41 Å². The van der Waals surface area contributed by atoms with Crippen molar-refractivity contribution in [2.45, 2.75) is 42.4 Å². The average Bonchev–Trinajstić information content (AvgIpc) is 3.44. The number of anilines is 1. The van der Waals surface area contributed by atoms with Crippen molar-refractivity contribution in [3.05, 3.63) is 101 Å². The topological polar surface area (TPSA) is 245 Å². The van der Waals surface area contributed by atoms with Gasteiger partial charge in [-0.3, -0.25) is 28.2 Å². The number of carbonyl (C=O) groups excluding carboxylic acids is 1. The summed E-state index contributed by atoms with van der Waals surface area (Å²) in [6.45, 7) is 1.65. The molecule has 55 heavy (non-hydrogen) atoms. The Hall–Kier alpha value is -3.76. The summed E-state index contributed by atoms with van der Waals surface area (Å²) in [5.74, 6) is -4.22. The van der Waals surface area contributed by atoms with E-state index < -0.39 is 71.4 Å². The second kappa shape index (κ2) is 18.9. The lowest BCUT2D eigenvalue weighted by atomic mass is 9.71. The van der Waals surface area contributed by atoms with Crippen molar-refractivity contribution < 1.29 is 53.6 Å². The summed E-state index contributed by atoms with van der Waals surface area (Å²) < 4.78 is 95.7. The van der Waals surface area contributed by atoms with Gasteiger partial charge >= 0.3 is 5.97 Å². The number of nitrogens with one attached hydrogen (secondary N) is 1. The number of thioether (sulfide) groups is 2. The summed E-state index contributed by atoms with van der Waals surface area (Å²) in [5.41, 5.74) is 0.453. The molecule has 1 atom stereocenters. The van der Waals surface area contributed by atoms with Gasteiger partial charge in [-0.2, -0.15) is 25.3 Å². The van der Waals surface area contributed by atoms with Gasteiger partial charge < -0.3 is 15.3 Å². The SMILES string of the molecule is Cc1ccccc1SC(/C=C/C1=CC(=C/C=C2\Sc3ccccc3N2CCCS(=O)(=O)O)/CC(C(=O)O)(C(=O)NCCS(=O)(=O)O)C1)=NCCCS(=O)(=O)O. The van der Waals surface area contributed by atoms with Crippen molar-refractivity contribution in [2.75, 3.05) is 41.8 Å². The lowest BCUT2D eigenvalue weighted by Gasteiger charge is -2.32. The Bertz CT molecular complexity index is 2270. The minimum atomic E-state index is -4.46. The van der Waals surface area contributed by atoms with Crippen molar-refractivity contribution >= 4 is 76.5 Å². The maximum Gasteiger partial charge on any atom is 0.319 e. The molecule has 0 radical (unpaired) electrons. The standard InChI is InChI=1S/C35H41N3O12S5/c1-25-8-2-4-10-29(25)51-31(36-16-6-19-53(42,43)44)14-12-26-22-27(24-35(23-26,34(40)41)33(39)37-17-21-55(48,49)50)13-15-32-38(18-7-20-54(45,46)47)28-9-3-5-11-30(28)52-32/h2-5,8-15,22H,6-7,16-21,23-24H2,1H3,(H,37,39)(H,40,41)(H,42,43,44)(H,45,46,47)(H,48,49,50)/b14-12+,27-13-,32-15-,36-31?. The molecule has 0 spiro atoms. The third-order valence-electron chi connectivity index (χ3n) is 8.31. The maximum absolute atomic E-state index is 13.6. The first-order chi connectivity index (χ1) is 25.7. The number of carboxylic acid groups (broad SMARTS) is 1. The minimum absolute atomic E-state index is 0.0370. The van der Waals surface area contributed by atoms with E-state index >= 15 is 0 Å². The highest BCUT2D eigenvalue weighted by molar-refractivity contribution is 8.14. The minimum Gasteiger partial charge on any atom is -0.480 e. The fourth-order valence-electron chi connectivity index (χ4n) is 5.69. The van der Waals surface area contributed by atoms with Crippen LogP contribution in [0.3, 0.4) is 0 Å². The molecule has 15 nitrogen and oxygen atoms in total. The number of aliphatic imine (C=N–C) groups is 1. The number of nitrogens with zero attached hydrogens (tertiary/aromatic N) is 2. The summed E-state index contributed by atoms with van der Waals surface area (Å²) in [4.78, 5) is 34.8. The van der Waals surface area contributed by atoms with Gasteiger partial charge in [-0.1, -0.05) is 72.1 Å². The lowest BCUT2D eigenvalue weighted by Crippen LogP contribution is -2.49. The molecule has 0 saturated carbocycles. The van der Waals surface area contributed by atoms with Gasteiger partial charge in [0.1, 0.15) is 0 Å². The number of hydrogen-bond acceptors (Lipinski definition) is 12. The van der Waals surface area contributed by atoms with Crippen LogP contribution in [0.4, 0.5) is 5.69 Å². The molecule has 1 aliphatic heterocycles. The van der Waals surface area contributed by atoms with Gasteiger partial charge in [-0.05, 0) is 79.7 Å². The smallest absolute Gasteiger partial charge is 0.319 e. The molecule has 2 aromatic carbocycles. The fourth-order valence-corrected chi connectivity index (χ4v) is 9.02. The van der Waals surface area contributed by atoms with E-state index in [1.54, 1.807) is 30.4 Å². The molecule has 0 saturated heterocycles. The summed E-state index contributed by atoms with van der Waals surface area (Å²) in [6.07, 6.45) is 7.83. The van der Waals surface area contributed by atoms with E-state index in [-0.39, 0.29) is 38.8 Å². The highest BCUT2D eigenvalue weighted by Crippen LogP contribution is 2.46. The molecule has 1 unspecified atom stereocenters. The molecule has 1 amide bonds. The molecule has 0 bridgehead atoms. The quantitative estimate of drug-likeness (QED) is 0.0359. The summed E-state index contributed by atoms with van der Waals surface area (Å²) in [7, 11) is -12.9. The number of hydrogen-bond donors (Lipinski definition) is 5. The summed E-state index contributed by atoms with van der Waals surface area (Å²) in [5, 5.41) is 14.0. The first-order valence-corrected chi connectivity index (χ1v) is 23.2. The van der Waals surface area contributed by atoms with Crippen molar-refractivity contribution in [1.82, 2.24) is 5.32 Å². The highest BCUT2D eigenvalue weighted by atomic mass is 32.2. The second-order valence-corrected chi connectivity index (χ2v) is 19.5. The number of allylic oxidation sites excluding steroid dienone is 6. The van der Waals surface area contributed by atoms with Crippen LogP contribution in [0.25, 0.3) is 0 Å². The molecule has 2 aromatic rings. The lowest BCUT2D eigenvalue weighted by molar-refractivity contribution is -0.156. The van der Waals surface area contributed by atoms with Gasteiger partial charge in [0.2, 0.25) is 5.91 Å². The van der Waals surface area contributed by atoms with Crippen molar-refractivity contribution in [1.29, 1.82) is 0 Å². The normalized spacial score (nSPS) is 19.5. The van der Waals surface area contributed by atoms with Crippen LogP contribution < -0.4 is 10.2 Å². The van der Waals surface area contributed by atoms with Crippen molar-refractivity contribution in [2.24, 2.45) is 10.4 Å². The second-order valence-electron chi connectivity index (χ2n) is 12.7. The molecule has 5 N–H and O–H groups in total. The molecule has 0 fully saturated rings. The molecule has 0 aromatic heterocycles. The number of aliphatic carboxylic acids is 1. The molecule has 4 rings (SSSR count). The fraction of sp³-hybridized carbons (Fsp3) is 0.343. The van der Waals surface area contributed by atoms with Gasteiger partial charge in [0.25, 0.3) is 30.4 Å². The molecule has 20 heteroatoms. The van der Waals surface area contributed by atoms with Crippen LogP contribution in [0.2, 0.25) is 0 Å². The number of fused-ring (bicyclic) bond motifs is 1. The average molecular weight is 856 g/mol. The van der Waals surface area contributed by atoms with Gasteiger partial charge in [-0.15, -0.1) is 0 Å². The predicted octanol–water partition coefficient (Wildman–Crippen LogP) is 4.77. The number of carboxylic acids is 1. The van der Waals surface area contributed by atoms with Crippen molar-refractivity contribution in [3.8, 4) is 0 Å². The van der Waals surface area contributed by atoms with Crippen molar-refractivity contribution in [3.63, 3.8) is 0 Å². The largest absolute Gasteiger partial charge is 0.480 e. The van der Waals surface area contributed by atoms with Gasteiger partial charge in [0, 0.05) is 29.4 Å². The Kier molecular flexibility index (Phi) is 15.1. The zero-order valence-electron chi connectivity index (χ0n) is 29.6. The third kappa shape index (κ3) is 13.7. The Morgan fingerprint density at radius 1 is 0.909 bits per heavy atom. The molecule has 1 heterocycles.